The average Bonchev–Trinajstić information content (AvgIpc) is 3.21. The molecule has 0 amide bonds. The molecule has 198 valence electrons. The predicted octanol–water partition coefficient (Wildman–Crippen LogP) is 4.79. The van der Waals surface area contributed by atoms with E-state index in [1.807, 2.05) is 11.0 Å². The number of esters is 1. The molecule has 1 saturated heterocycles. The summed E-state index contributed by atoms with van der Waals surface area (Å²) in [4.78, 5) is 14.1. The van der Waals surface area contributed by atoms with Crippen molar-refractivity contribution in [3.8, 4) is 5.75 Å². The van der Waals surface area contributed by atoms with E-state index >= 15 is 0 Å². The number of rotatable bonds is 5. The molecule has 4 rings (SSSR count). The number of methoxy groups -OCH3 is 1. The van der Waals surface area contributed by atoms with Crippen LogP contribution in [0, 0.1) is 5.92 Å². The van der Waals surface area contributed by atoms with Gasteiger partial charge in [0.15, 0.2) is 0 Å². The molecule has 36 heavy (non-hydrogen) atoms. The number of fused-ring (bicyclic) bond motifs is 1. The Balaban J connectivity index is 1.59. The fourth-order valence-electron chi connectivity index (χ4n) is 5.39. The van der Waals surface area contributed by atoms with Gasteiger partial charge in [-0.3, -0.25) is 9.35 Å². The second kappa shape index (κ2) is 9.20. The highest BCUT2D eigenvalue weighted by Crippen LogP contribution is 2.49. The van der Waals surface area contributed by atoms with Crippen LogP contribution in [-0.4, -0.2) is 57.7 Å². The van der Waals surface area contributed by atoms with E-state index in [4.69, 9.17) is 15.4 Å². The summed E-state index contributed by atoms with van der Waals surface area (Å²) in [6.45, 7) is 4.17. The van der Waals surface area contributed by atoms with Crippen molar-refractivity contribution >= 4 is 31.1 Å². The third-order valence-electron chi connectivity index (χ3n) is 6.69. The maximum Gasteiger partial charge on any atom is 0.573 e. The predicted molar refractivity (Wildman–Crippen MR) is 130 cm³/mol. The van der Waals surface area contributed by atoms with Gasteiger partial charge in [-0.1, -0.05) is 12.1 Å². The van der Waals surface area contributed by atoms with Crippen LogP contribution in [-0.2, 0) is 31.1 Å². The molecule has 0 saturated carbocycles. The van der Waals surface area contributed by atoms with Crippen LogP contribution in [0.3, 0.4) is 0 Å². The maximum atomic E-state index is 14.3. The fourth-order valence-corrected chi connectivity index (χ4v) is 9.18. The van der Waals surface area contributed by atoms with Gasteiger partial charge in [-0.15, -0.1) is 13.2 Å². The standard InChI is InChI=1S/C24H28ClF3N2O5S/c1-15-13-29(19-7-9-20(10-8-19)35-24(26,27)28)14-16(2)30(15)36(25,32,33)22-6-4-5-17-11-18(12-21(17)22)23(31)34-3/h4-10,15-16,18H,11-14H2,1-3H3,(H,32,33)/t15-,16+,18?. The van der Waals surface area contributed by atoms with E-state index < -0.39 is 33.1 Å². The van der Waals surface area contributed by atoms with Crippen molar-refractivity contribution in [1.29, 1.82) is 0 Å². The Bertz CT molecular complexity index is 1210. The number of hydrogen-bond acceptors (Lipinski definition) is 5. The first-order valence-corrected chi connectivity index (χ1v) is 14.1. The number of anilines is 1. The molecule has 1 heterocycles. The van der Waals surface area contributed by atoms with Gasteiger partial charge in [-0.05, 0) is 76.9 Å². The number of benzene rings is 2. The lowest BCUT2D eigenvalue weighted by Gasteiger charge is -2.56. The molecule has 0 bridgehead atoms. The lowest BCUT2D eigenvalue weighted by atomic mass is 10.1. The van der Waals surface area contributed by atoms with Crippen LogP contribution in [0.1, 0.15) is 25.0 Å². The van der Waals surface area contributed by atoms with Gasteiger partial charge in [0.05, 0.1) is 17.9 Å². The molecule has 0 spiro atoms. The van der Waals surface area contributed by atoms with Gasteiger partial charge in [0, 0.05) is 41.5 Å². The molecule has 7 nitrogen and oxygen atoms in total. The van der Waals surface area contributed by atoms with E-state index in [0.29, 0.717) is 30.8 Å². The van der Waals surface area contributed by atoms with Gasteiger partial charge >= 0.3 is 12.3 Å². The van der Waals surface area contributed by atoms with Gasteiger partial charge in [0.1, 0.15) is 5.75 Å². The smallest absolute Gasteiger partial charge is 0.469 e. The largest absolute Gasteiger partial charge is 0.573 e. The molecule has 1 N–H and O–H groups in total. The molecule has 12 heteroatoms. The molecular formula is C24H28ClF3N2O5S. The minimum absolute atomic E-state index is 0.0957. The second-order valence-electron chi connectivity index (χ2n) is 9.30. The minimum atomic E-state index is -5.06. The van der Waals surface area contributed by atoms with Gasteiger partial charge in [0.2, 0.25) is 0 Å². The van der Waals surface area contributed by atoms with Crippen molar-refractivity contribution in [2.75, 3.05) is 25.1 Å². The SMILES string of the molecule is COC(=O)C1Cc2cccc(S(=O)(O)(Cl)N3[C@H](C)CN(c4ccc(OC(F)(F)F)cc4)C[C@@H]3C)c2C1. The molecule has 2 aliphatic rings. The van der Waals surface area contributed by atoms with E-state index in [1.165, 1.54) is 41.7 Å². The fraction of sp³-hybridized carbons (Fsp3) is 0.458. The third-order valence-corrected chi connectivity index (χ3v) is 10.2. The Morgan fingerprint density at radius 2 is 1.69 bits per heavy atom. The molecule has 0 radical (unpaired) electrons. The molecule has 2 aromatic rings. The maximum absolute atomic E-state index is 14.3. The molecule has 1 aliphatic carbocycles. The van der Waals surface area contributed by atoms with Crippen LogP contribution >= 0.6 is 10.7 Å². The highest BCUT2D eigenvalue weighted by Gasteiger charge is 2.47. The van der Waals surface area contributed by atoms with Crippen LogP contribution in [0.5, 0.6) is 5.75 Å². The third kappa shape index (κ3) is 5.06. The molecule has 1 fully saturated rings. The number of nitrogens with zero attached hydrogens (tertiary/aromatic N) is 2. The van der Waals surface area contributed by atoms with Crippen LogP contribution < -0.4 is 9.64 Å². The number of alkyl halides is 3. The molecule has 0 aromatic heterocycles. The van der Waals surface area contributed by atoms with Crippen molar-refractivity contribution in [3.63, 3.8) is 0 Å². The first-order chi connectivity index (χ1) is 16.7. The van der Waals surface area contributed by atoms with E-state index in [-0.39, 0.29) is 23.0 Å². The quantitative estimate of drug-likeness (QED) is 0.427. The average molecular weight is 549 g/mol. The Kier molecular flexibility index (Phi) is 6.83. The summed E-state index contributed by atoms with van der Waals surface area (Å²) in [6, 6.07) is 9.53. The Hall–Kier alpha value is -2.34. The zero-order valence-corrected chi connectivity index (χ0v) is 21.6. The molecule has 3 atom stereocenters. The Morgan fingerprint density at radius 3 is 2.25 bits per heavy atom. The summed E-state index contributed by atoms with van der Waals surface area (Å²) in [5.41, 5.74) is 2.03. The second-order valence-corrected chi connectivity index (χ2v) is 13.4. The molecule has 1 unspecified atom stereocenters. The van der Waals surface area contributed by atoms with Crippen LogP contribution in [0.25, 0.3) is 0 Å². The molecule has 1 aliphatic heterocycles. The highest BCUT2D eigenvalue weighted by atomic mass is 35.7. The zero-order chi connectivity index (χ0) is 26.5. The monoisotopic (exact) mass is 548 g/mol. The van der Waals surface area contributed by atoms with Crippen molar-refractivity contribution in [1.82, 2.24) is 4.31 Å². The number of piperazine rings is 1. The topological polar surface area (TPSA) is 79.3 Å². The normalized spacial score (nSPS) is 24.1. The van der Waals surface area contributed by atoms with Crippen LogP contribution in [0.4, 0.5) is 18.9 Å². The zero-order valence-electron chi connectivity index (χ0n) is 20.0. The number of ether oxygens (including phenoxy) is 2. The summed E-state index contributed by atoms with van der Waals surface area (Å²) < 4.78 is 73.6. The van der Waals surface area contributed by atoms with E-state index in [1.54, 1.807) is 19.9 Å². The van der Waals surface area contributed by atoms with Gasteiger partial charge < -0.3 is 14.4 Å². The number of hydrogen-bond donors (Lipinski definition) is 1. The molecule has 2 aromatic carbocycles. The highest BCUT2D eigenvalue weighted by molar-refractivity contribution is 8.32. The number of halogens is 4. The molecular weight excluding hydrogens is 521 g/mol. The van der Waals surface area contributed by atoms with Crippen molar-refractivity contribution in [2.24, 2.45) is 5.92 Å². The summed E-state index contributed by atoms with van der Waals surface area (Å²) >= 11 is 0. The minimum Gasteiger partial charge on any atom is -0.469 e. The van der Waals surface area contributed by atoms with Crippen molar-refractivity contribution in [3.05, 3.63) is 53.6 Å². The summed E-state index contributed by atoms with van der Waals surface area (Å²) in [6.07, 6.45) is -4.11. The number of carbonyl (C=O) groups excluding carboxylic acids is 1. The summed E-state index contributed by atoms with van der Waals surface area (Å²) in [5.74, 6) is -1.15. The van der Waals surface area contributed by atoms with Crippen LogP contribution in [0.15, 0.2) is 47.4 Å². The van der Waals surface area contributed by atoms with Crippen molar-refractivity contribution < 1.29 is 36.2 Å². The van der Waals surface area contributed by atoms with Crippen LogP contribution in [0.2, 0.25) is 0 Å². The lowest BCUT2D eigenvalue weighted by molar-refractivity contribution is -0.274. The van der Waals surface area contributed by atoms with E-state index in [2.05, 4.69) is 4.74 Å². The van der Waals surface area contributed by atoms with Gasteiger partial charge in [0.25, 0.3) is 0 Å². The summed E-state index contributed by atoms with van der Waals surface area (Å²) in [5, 5.41) is 0. The first kappa shape index (κ1) is 26.7. The Morgan fingerprint density at radius 1 is 1.08 bits per heavy atom. The van der Waals surface area contributed by atoms with Crippen molar-refractivity contribution in [2.45, 2.75) is 50.0 Å². The summed E-state index contributed by atoms with van der Waals surface area (Å²) in [7, 11) is 2.93. The lowest BCUT2D eigenvalue weighted by Crippen LogP contribution is -2.64. The van der Waals surface area contributed by atoms with Gasteiger partial charge in [-0.2, -0.15) is 8.51 Å². The Labute approximate surface area is 212 Å². The number of carbonyl (C=O) groups is 1. The van der Waals surface area contributed by atoms with Gasteiger partial charge in [-0.25, -0.2) is 0 Å². The first-order valence-electron chi connectivity index (χ1n) is 11.4. The van der Waals surface area contributed by atoms with E-state index in [9.17, 15) is 26.7 Å². The van der Waals surface area contributed by atoms with E-state index in [0.717, 1.165) is 5.56 Å².